The molecule has 0 radical (unpaired) electrons. The highest BCUT2D eigenvalue weighted by Gasteiger charge is 2.28. The second-order valence-electron chi connectivity index (χ2n) is 10.2. The molecule has 0 aliphatic heterocycles. The zero-order valence-corrected chi connectivity index (χ0v) is 19.9. The topological polar surface area (TPSA) is 46.6 Å². The van der Waals surface area contributed by atoms with Crippen LogP contribution in [0.3, 0.4) is 0 Å². The maximum absolute atomic E-state index is 13.3. The van der Waals surface area contributed by atoms with Crippen LogP contribution >= 0.6 is 0 Å². The van der Waals surface area contributed by atoms with Gasteiger partial charge in [-0.25, -0.2) is 8.42 Å². The van der Waals surface area contributed by atoms with Crippen LogP contribution in [0.4, 0.5) is 5.69 Å². The number of ether oxygens (including phenoxy) is 1. The van der Waals surface area contributed by atoms with Crippen LogP contribution in [-0.4, -0.2) is 41.5 Å². The fraction of sp³-hybridized carbons (Fsp3) is 0.583. The lowest BCUT2D eigenvalue weighted by Gasteiger charge is -2.25. The van der Waals surface area contributed by atoms with Crippen LogP contribution in [0.25, 0.3) is 10.8 Å². The molecule has 0 bridgehead atoms. The molecule has 2 aromatic rings. The Balaban J connectivity index is 2.15. The van der Waals surface area contributed by atoms with Crippen molar-refractivity contribution in [3.8, 4) is 0 Å². The van der Waals surface area contributed by atoms with Gasteiger partial charge in [0.05, 0.1) is 17.3 Å². The van der Waals surface area contributed by atoms with Crippen LogP contribution in [-0.2, 0) is 14.6 Å². The van der Waals surface area contributed by atoms with E-state index in [1.165, 1.54) is 0 Å². The number of nitrogens with zero attached hydrogens (tertiary/aromatic N) is 1. The molecule has 0 aliphatic rings. The molecule has 29 heavy (non-hydrogen) atoms. The summed E-state index contributed by atoms with van der Waals surface area (Å²) in [5.74, 6) is 0.130. The Kier molecular flexibility index (Phi) is 7.39. The third-order valence-corrected chi connectivity index (χ3v) is 7.12. The molecule has 5 heteroatoms. The normalized spacial score (nSPS) is 13.1. The van der Waals surface area contributed by atoms with Gasteiger partial charge in [0.1, 0.15) is 0 Å². The Morgan fingerprint density at radius 1 is 0.931 bits per heavy atom. The van der Waals surface area contributed by atoms with Crippen molar-refractivity contribution in [2.45, 2.75) is 52.4 Å². The van der Waals surface area contributed by atoms with Crippen LogP contribution in [0.1, 0.15) is 47.5 Å². The van der Waals surface area contributed by atoms with Crippen molar-refractivity contribution in [2.75, 3.05) is 38.0 Å². The van der Waals surface area contributed by atoms with Crippen molar-refractivity contribution < 1.29 is 13.2 Å². The third-order valence-electron chi connectivity index (χ3n) is 4.93. The summed E-state index contributed by atoms with van der Waals surface area (Å²) >= 11 is 0. The molecule has 0 atom stereocenters. The van der Waals surface area contributed by atoms with Crippen molar-refractivity contribution in [3.05, 3.63) is 36.4 Å². The minimum atomic E-state index is -3.41. The molecule has 0 spiro atoms. The lowest BCUT2D eigenvalue weighted by Crippen LogP contribution is -2.25. The summed E-state index contributed by atoms with van der Waals surface area (Å²) in [4.78, 5) is 2.44. The van der Waals surface area contributed by atoms with Gasteiger partial charge in [0, 0.05) is 37.2 Å². The van der Waals surface area contributed by atoms with Gasteiger partial charge >= 0.3 is 0 Å². The molecule has 0 saturated heterocycles. The molecule has 2 rings (SSSR count). The first-order chi connectivity index (χ1) is 13.3. The number of rotatable bonds is 9. The molecule has 0 unspecified atom stereocenters. The molecular formula is C24H37NO3S. The van der Waals surface area contributed by atoms with Crippen LogP contribution < -0.4 is 4.90 Å². The number of fused-ring (bicyclic) bond motifs is 1. The Morgan fingerprint density at radius 3 is 2.17 bits per heavy atom. The monoisotopic (exact) mass is 419 g/mol. The van der Waals surface area contributed by atoms with Crippen molar-refractivity contribution in [1.82, 2.24) is 0 Å². The van der Waals surface area contributed by atoms with E-state index in [-0.39, 0.29) is 16.6 Å². The van der Waals surface area contributed by atoms with Gasteiger partial charge in [-0.05, 0) is 35.8 Å². The van der Waals surface area contributed by atoms with Crippen LogP contribution in [0.15, 0.2) is 41.3 Å². The first-order valence-electron chi connectivity index (χ1n) is 10.3. The molecule has 0 saturated carbocycles. The summed E-state index contributed by atoms with van der Waals surface area (Å²) in [6, 6.07) is 11.4. The van der Waals surface area contributed by atoms with E-state index < -0.39 is 9.84 Å². The van der Waals surface area contributed by atoms with Crippen molar-refractivity contribution >= 4 is 26.3 Å². The number of benzene rings is 2. The lowest BCUT2D eigenvalue weighted by molar-refractivity contribution is 0.0649. The summed E-state index contributed by atoms with van der Waals surface area (Å²) in [6.45, 7) is 11.9. The first kappa shape index (κ1) is 23.7. The quantitative estimate of drug-likeness (QED) is 0.500. The standard InChI is InChI=1S/C24H37NO3S/c1-23(2,3)17-28-16-10-15-24(4,5)18-29(26,27)22-14-9-11-19-20(22)12-8-13-21(19)25(6)7/h8-9,11-14H,10,15-18H2,1-7H3. The highest BCUT2D eigenvalue weighted by atomic mass is 32.2. The Labute approximate surface area is 177 Å². The number of sulfone groups is 1. The zero-order valence-electron chi connectivity index (χ0n) is 19.1. The first-order valence-corrected chi connectivity index (χ1v) is 12.0. The third kappa shape index (κ3) is 6.71. The SMILES string of the molecule is CN(C)c1cccc2c(S(=O)(=O)CC(C)(C)CCCOCC(C)(C)C)cccc12. The fourth-order valence-electron chi connectivity index (χ4n) is 3.62. The summed E-state index contributed by atoms with van der Waals surface area (Å²) < 4.78 is 32.4. The Hall–Kier alpha value is -1.59. The van der Waals surface area contributed by atoms with E-state index in [2.05, 4.69) is 20.8 Å². The maximum atomic E-state index is 13.3. The molecule has 0 aromatic heterocycles. The highest BCUT2D eigenvalue weighted by molar-refractivity contribution is 7.91. The molecular weight excluding hydrogens is 382 g/mol. The number of hydrogen-bond acceptors (Lipinski definition) is 4. The van der Waals surface area contributed by atoms with Crippen molar-refractivity contribution in [2.24, 2.45) is 10.8 Å². The lowest BCUT2D eigenvalue weighted by atomic mass is 9.90. The molecule has 0 heterocycles. The highest BCUT2D eigenvalue weighted by Crippen LogP contribution is 2.34. The average Bonchev–Trinajstić information content (AvgIpc) is 2.58. The van der Waals surface area contributed by atoms with E-state index in [0.29, 0.717) is 11.5 Å². The minimum absolute atomic E-state index is 0.130. The number of hydrogen-bond donors (Lipinski definition) is 0. The van der Waals surface area contributed by atoms with Crippen LogP contribution in [0.5, 0.6) is 0 Å². The van der Waals surface area contributed by atoms with Crippen LogP contribution in [0.2, 0.25) is 0 Å². The van der Waals surface area contributed by atoms with Crippen LogP contribution in [0, 0.1) is 10.8 Å². The number of anilines is 1. The van der Waals surface area contributed by atoms with E-state index in [0.717, 1.165) is 35.9 Å². The van der Waals surface area contributed by atoms with E-state index in [1.807, 2.05) is 63.2 Å². The van der Waals surface area contributed by atoms with Gasteiger partial charge < -0.3 is 9.64 Å². The fourth-order valence-corrected chi connectivity index (χ4v) is 5.75. The van der Waals surface area contributed by atoms with E-state index in [9.17, 15) is 8.42 Å². The van der Waals surface area contributed by atoms with Gasteiger partial charge in [-0.2, -0.15) is 0 Å². The second-order valence-corrected chi connectivity index (χ2v) is 12.1. The zero-order chi connectivity index (χ0) is 21.9. The summed E-state index contributed by atoms with van der Waals surface area (Å²) in [5.41, 5.74) is 0.860. The van der Waals surface area contributed by atoms with Gasteiger partial charge in [0.25, 0.3) is 0 Å². The van der Waals surface area contributed by atoms with E-state index in [4.69, 9.17) is 4.74 Å². The molecule has 162 valence electrons. The van der Waals surface area contributed by atoms with E-state index >= 15 is 0 Å². The van der Waals surface area contributed by atoms with Gasteiger partial charge in [-0.1, -0.05) is 58.9 Å². The predicted molar refractivity (Wildman–Crippen MR) is 124 cm³/mol. The Morgan fingerprint density at radius 2 is 1.55 bits per heavy atom. The second kappa shape index (κ2) is 9.05. The minimum Gasteiger partial charge on any atom is -0.381 e. The smallest absolute Gasteiger partial charge is 0.179 e. The van der Waals surface area contributed by atoms with Gasteiger partial charge in [0.2, 0.25) is 0 Å². The summed E-state index contributed by atoms with van der Waals surface area (Å²) in [6.07, 6.45) is 1.67. The predicted octanol–water partition coefficient (Wildman–Crippen LogP) is 5.55. The summed E-state index contributed by atoms with van der Waals surface area (Å²) in [5, 5.41) is 1.76. The van der Waals surface area contributed by atoms with Gasteiger partial charge in [-0.3, -0.25) is 0 Å². The van der Waals surface area contributed by atoms with Crippen molar-refractivity contribution in [1.29, 1.82) is 0 Å². The van der Waals surface area contributed by atoms with Gasteiger partial charge in [-0.15, -0.1) is 0 Å². The largest absolute Gasteiger partial charge is 0.381 e. The maximum Gasteiger partial charge on any atom is 0.179 e. The summed E-state index contributed by atoms with van der Waals surface area (Å²) in [7, 11) is 0.534. The molecule has 0 aliphatic carbocycles. The van der Waals surface area contributed by atoms with E-state index in [1.54, 1.807) is 6.07 Å². The van der Waals surface area contributed by atoms with Gasteiger partial charge in [0.15, 0.2) is 9.84 Å². The molecule has 0 amide bonds. The van der Waals surface area contributed by atoms with Crippen molar-refractivity contribution in [3.63, 3.8) is 0 Å². The molecule has 4 nitrogen and oxygen atoms in total. The molecule has 0 N–H and O–H groups in total. The molecule has 2 aromatic carbocycles. The Bertz CT molecular complexity index is 925. The average molecular weight is 420 g/mol. The molecule has 0 fully saturated rings.